The second-order valence-electron chi connectivity index (χ2n) is 4.26. The molecule has 0 aromatic carbocycles. The molecule has 1 aromatic heterocycles. The van der Waals surface area contributed by atoms with Crippen molar-refractivity contribution in [2.45, 2.75) is 52.5 Å². The van der Waals surface area contributed by atoms with Crippen LogP contribution in [0.5, 0.6) is 0 Å². The van der Waals surface area contributed by atoms with Crippen LogP contribution in [0, 0.1) is 0 Å². The lowest BCUT2D eigenvalue weighted by atomic mass is 10.2. The van der Waals surface area contributed by atoms with E-state index in [0.717, 1.165) is 31.1 Å². The fraction of sp³-hybridized carbons (Fsp3) is 0.818. The maximum Gasteiger partial charge on any atom is 0.228 e. The molecular weight excluding hydrogens is 190 g/mol. The smallest absolute Gasteiger partial charge is 0.228 e. The van der Waals surface area contributed by atoms with Gasteiger partial charge in [0.2, 0.25) is 5.89 Å². The first kappa shape index (κ1) is 12.2. The van der Waals surface area contributed by atoms with Gasteiger partial charge < -0.3 is 9.84 Å². The van der Waals surface area contributed by atoms with Crippen LogP contribution >= 0.6 is 0 Å². The fourth-order valence-corrected chi connectivity index (χ4v) is 1.31. The van der Waals surface area contributed by atoms with Crippen molar-refractivity contribution in [3.05, 3.63) is 11.7 Å². The van der Waals surface area contributed by atoms with E-state index in [4.69, 9.17) is 4.52 Å². The zero-order valence-corrected chi connectivity index (χ0v) is 10.1. The van der Waals surface area contributed by atoms with E-state index in [-0.39, 0.29) is 0 Å². The Morgan fingerprint density at radius 2 is 2.07 bits per heavy atom. The average molecular weight is 211 g/mol. The van der Waals surface area contributed by atoms with Gasteiger partial charge in [-0.15, -0.1) is 0 Å². The largest absolute Gasteiger partial charge is 0.339 e. The van der Waals surface area contributed by atoms with Gasteiger partial charge in [0.05, 0.1) is 0 Å². The van der Waals surface area contributed by atoms with E-state index < -0.39 is 0 Å². The van der Waals surface area contributed by atoms with Crippen molar-refractivity contribution >= 4 is 0 Å². The quantitative estimate of drug-likeness (QED) is 0.783. The van der Waals surface area contributed by atoms with Crippen LogP contribution in [0.15, 0.2) is 4.52 Å². The van der Waals surface area contributed by atoms with Crippen molar-refractivity contribution in [2.24, 2.45) is 0 Å². The molecule has 86 valence electrons. The van der Waals surface area contributed by atoms with Crippen molar-refractivity contribution in [3.63, 3.8) is 0 Å². The summed E-state index contributed by atoms with van der Waals surface area (Å²) in [6.45, 7) is 9.45. The predicted octanol–water partition coefficient (Wildman–Crippen LogP) is 2.12. The molecule has 1 unspecified atom stereocenters. The van der Waals surface area contributed by atoms with E-state index in [1.807, 2.05) is 0 Å². The molecule has 4 heteroatoms. The lowest BCUT2D eigenvalue weighted by molar-refractivity contribution is 0.356. The standard InChI is InChI=1S/C11H21N3O/c1-5-6-12-9(4)7-10-13-11(8(2)3)14-15-10/h8-9,12H,5-7H2,1-4H3. The molecule has 0 aliphatic heterocycles. The molecule has 0 radical (unpaired) electrons. The Morgan fingerprint density at radius 1 is 1.33 bits per heavy atom. The minimum atomic E-state index is 0.335. The van der Waals surface area contributed by atoms with Gasteiger partial charge in [-0.1, -0.05) is 25.9 Å². The van der Waals surface area contributed by atoms with Crippen LogP contribution in [0.2, 0.25) is 0 Å². The summed E-state index contributed by atoms with van der Waals surface area (Å²) in [4.78, 5) is 4.34. The highest BCUT2D eigenvalue weighted by atomic mass is 16.5. The Balaban J connectivity index is 2.42. The number of nitrogens with one attached hydrogen (secondary N) is 1. The van der Waals surface area contributed by atoms with Gasteiger partial charge in [-0.3, -0.25) is 0 Å². The van der Waals surface area contributed by atoms with Crippen LogP contribution in [-0.4, -0.2) is 22.7 Å². The third kappa shape index (κ3) is 4.00. The third-order valence-electron chi connectivity index (χ3n) is 2.22. The molecule has 4 nitrogen and oxygen atoms in total. The van der Waals surface area contributed by atoms with E-state index in [1.54, 1.807) is 0 Å². The Hall–Kier alpha value is -0.900. The Labute approximate surface area is 91.5 Å². The van der Waals surface area contributed by atoms with E-state index in [9.17, 15) is 0 Å². The van der Waals surface area contributed by atoms with E-state index in [1.165, 1.54) is 0 Å². The molecule has 0 fully saturated rings. The topological polar surface area (TPSA) is 51.0 Å². The third-order valence-corrected chi connectivity index (χ3v) is 2.22. The molecule has 0 saturated heterocycles. The second kappa shape index (κ2) is 5.85. The molecule has 1 N–H and O–H groups in total. The molecule has 0 saturated carbocycles. The van der Waals surface area contributed by atoms with E-state index in [0.29, 0.717) is 12.0 Å². The average Bonchev–Trinajstić information content (AvgIpc) is 2.63. The minimum Gasteiger partial charge on any atom is -0.339 e. The minimum absolute atomic E-state index is 0.335. The maximum atomic E-state index is 5.18. The van der Waals surface area contributed by atoms with Gasteiger partial charge in [0.25, 0.3) is 0 Å². The van der Waals surface area contributed by atoms with Crippen LogP contribution in [0.1, 0.15) is 51.7 Å². The Morgan fingerprint density at radius 3 is 2.60 bits per heavy atom. The highest BCUT2D eigenvalue weighted by Crippen LogP contribution is 2.10. The van der Waals surface area contributed by atoms with E-state index in [2.05, 4.69) is 43.2 Å². The molecule has 0 aliphatic rings. The molecule has 0 spiro atoms. The summed E-state index contributed by atoms with van der Waals surface area (Å²) in [5.41, 5.74) is 0. The van der Waals surface area contributed by atoms with E-state index >= 15 is 0 Å². The Bertz CT molecular complexity index is 283. The van der Waals surface area contributed by atoms with Crippen LogP contribution < -0.4 is 5.32 Å². The SMILES string of the molecule is CCCNC(C)Cc1nc(C(C)C)no1. The van der Waals surface area contributed by atoms with Gasteiger partial charge >= 0.3 is 0 Å². The number of rotatable bonds is 6. The summed E-state index contributed by atoms with van der Waals surface area (Å²) in [6, 6.07) is 0.394. The lowest BCUT2D eigenvalue weighted by Gasteiger charge is -2.09. The van der Waals surface area contributed by atoms with Crippen molar-refractivity contribution in [3.8, 4) is 0 Å². The number of hydrogen-bond acceptors (Lipinski definition) is 4. The molecule has 0 bridgehead atoms. The van der Waals surface area contributed by atoms with Crippen LogP contribution in [-0.2, 0) is 6.42 Å². The molecule has 0 amide bonds. The highest BCUT2D eigenvalue weighted by Gasteiger charge is 2.11. The van der Waals surface area contributed by atoms with Gasteiger partial charge in [0.15, 0.2) is 5.82 Å². The number of nitrogens with zero attached hydrogens (tertiary/aromatic N) is 2. The van der Waals surface area contributed by atoms with Crippen molar-refractivity contribution in [1.82, 2.24) is 15.5 Å². The van der Waals surface area contributed by atoms with Gasteiger partial charge in [0.1, 0.15) is 0 Å². The molecule has 15 heavy (non-hydrogen) atoms. The first-order chi connectivity index (χ1) is 7.13. The summed E-state index contributed by atoms with van der Waals surface area (Å²) in [5, 5.41) is 7.33. The molecule has 0 aliphatic carbocycles. The second-order valence-corrected chi connectivity index (χ2v) is 4.26. The molecular formula is C11H21N3O. The predicted molar refractivity (Wildman–Crippen MR) is 59.8 cm³/mol. The normalized spacial score (nSPS) is 13.4. The fourth-order valence-electron chi connectivity index (χ4n) is 1.31. The van der Waals surface area contributed by atoms with Crippen LogP contribution in [0.4, 0.5) is 0 Å². The number of aromatic nitrogens is 2. The summed E-state index contributed by atoms with van der Waals surface area (Å²) in [7, 11) is 0. The zero-order chi connectivity index (χ0) is 11.3. The first-order valence-electron chi connectivity index (χ1n) is 5.69. The van der Waals surface area contributed by atoms with Crippen molar-refractivity contribution in [1.29, 1.82) is 0 Å². The number of hydrogen-bond donors (Lipinski definition) is 1. The molecule has 1 aromatic rings. The highest BCUT2D eigenvalue weighted by molar-refractivity contribution is 4.93. The van der Waals surface area contributed by atoms with Crippen molar-refractivity contribution in [2.75, 3.05) is 6.54 Å². The van der Waals surface area contributed by atoms with Crippen molar-refractivity contribution < 1.29 is 4.52 Å². The van der Waals surface area contributed by atoms with Gasteiger partial charge in [-0.25, -0.2) is 0 Å². The zero-order valence-electron chi connectivity index (χ0n) is 10.1. The van der Waals surface area contributed by atoms with Crippen LogP contribution in [0.3, 0.4) is 0 Å². The molecule has 1 rings (SSSR count). The maximum absolute atomic E-state index is 5.18. The summed E-state index contributed by atoms with van der Waals surface area (Å²) in [5.74, 6) is 1.86. The first-order valence-corrected chi connectivity index (χ1v) is 5.69. The molecule has 1 atom stereocenters. The van der Waals surface area contributed by atoms with Crippen LogP contribution in [0.25, 0.3) is 0 Å². The summed E-state index contributed by atoms with van der Waals surface area (Å²) < 4.78 is 5.18. The lowest BCUT2D eigenvalue weighted by Crippen LogP contribution is -2.28. The monoisotopic (exact) mass is 211 g/mol. The van der Waals surface area contributed by atoms with Gasteiger partial charge in [-0.05, 0) is 19.9 Å². The summed E-state index contributed by atoms with van der Waals surface area (Å²) in [6.07, 6.45) is 1.95. The van der Waals surface area contributed by atoms with Gasteiger partial charge in [0, 0.05) is 18.4 Å². The Kier molecular flexibility index (Phi) is 4.75. The summed E-state index contributed by atoms with van der Waals surface area (Å²) >= 11 is 0. The van der Waals surface area contributed by atoms with Gasteiger partial charge in [-0.2, -0.15) is 4.98 Å². The molecule has 1 heterocycles.